The van der Waals surface area contributed by atoms with Gasteiger partial charge in [0.2, 0.25) is 5.78 Å². The lowest BCUT2D eigenvalue weighted by atomic mass is 9.82. The van der Waals surface area contributed by atoms with E-state index in [-0.39, 0.29) is 124 Å². The lowest BCUT2D eigenvalue weighted by Crippen LogP contribution is -3.00. The summed E-state index contributed by atoms with van der Waals surface area (Å²) in [5.74, 6) is -1.80. The quantitative estimate of drug-likeness (QED) is 0.0316. The maximum Gasteiger partial charge on any atom is 0.200 e. The summed E-state index contributed by atoms with van der Waals surface area (Å²) in [5.41, 5.74) is 6.11. The van der Waals surface area contributed by atoms with Gasteiger partial charge in [0.1, 0.15) is 17.2 Å². The zero-order chi connectivity index (χ0) is 53.4. The highest BCUT2D eigenvalue weighted by atomic mass is 79.9. The minimum atomic E-state index is -0.384. The number of quaternary nitrogens is 1. The molecule has 14 nitrogen and oxygen atoms in total. The zero-order valence-electron chi connectivity index (χ0n) is 41.2. The maximum atomic E-state index is 13.4. The molecular weight excluding hydrogens is 1300 g/mol. The summed E-state index contributed by atoms with van der Waals surface area (Å²) in [6.45, 7) is 9.21. The van der Waals surface area contributed by atoms with Crippen LogP contribution in [0.5, 0.6) is 11.5 Å². The first-order valence-corrected chi connectivity index (χ1v) is 26.9. The third-order valence-corrected chi connectivity index (χ3v) is 14.8. The van der Waals surface area contributed by atoms with E-state index in [0.717, 1.165) is 34.7 Å². The summed E-state index contributed by atoms with van der Waals surface area (Å²) in [6, 6.07) is 27.3. The van der Waals surface area contributed by atoms with Gasteiger partial charge >= 0.3 is 0 Å². The number of hydrogen-bond donors (Lipinski definition) is 6. The molecule has 6 aromatic rings. The number of rotatable bonds is 20. The Morgan fingerprint density at radius 3 is 1.33 bits per heavy atom. The molecule has 0 saturated carbocycles. The van der Waals surface area contributed by atoms with Crippen molar-refractivity contribution in [3.05, 3.63) is 171 Å². The number of hydrogen-bond acceptors (Lipinski definition) is 13. The number of carbonyl (C=O) groups is 4. The average molecular weight is 1360 g/mol. The van der Waals surface area contributed by atoms with E-state index < -0.39 is 0 Å². The highest BCUT2D eigenvalue weighted by molar-refractivity contribution is 9.11. The fourth-order valence-corrected chi connectivity index (χ4v) is 11.3. The summed E-state index contributed by atoms with van der Waals surface area (Å²) in [5, 5.41) is 44.1. The predicted molar refractivity (Wildman–Crippen MR) is 301 cm³/mol. The van der Waals surface area contributed by atoms with Crippen molar-refractivity contribution in [1.82, 2.24) is 0 Å². The van der Waals surface area contributed by atoms with E-state index >= 15 is 0 Å². The van der Waals surface area contributed by atoms with Crippen molar-refractivity contribution in [3.8, 4) is 11.5 Å². The second kappa shape index (κ2) is 28.4. The van der Waals surface area contributed by atoms with Crippen LogP contribution in [0, 0.1) is 0 Å². The molecule has 76 heavy (non-hydrogen) atoms. The van der Waals surface area contributed by atoms with E-state index in [0.29, 0.717) is 73.0 Å². The third-order valence-electron chi connectivity index (χ3n) is 12.3. The number of carbonyl (C=O) groups excluding carboxylic acids is 4. The number of nitrogens with one attached hydrogen (secondary N) is 1. The number of benzene rings is 6. The van der Waals surface area contributed by atoms with Crippen molar-refractivity contribution < 1.29 is 80.8 Å². The predicted octanol–water partition coefficient (Wildman–Crippen LogP) is 7.99. The number of aromatic hydroxyl groups is 2. The Kier molecular flexibility index (Phi) is 23.3. The standard InChI is InChI=1S/2C28H27Br2NO6.CH4.BrH/c2*1-15(13-32)37-14-16(2)36-10-9-17-11-20(29)26(21(30)12-17)31-22-7-8-23(33)25-24(22)27(34)18-5-3-4-6-19(18)28(25)35;;/h2*3-8,11-12,15-16,31-33H,9-10,13-14H2,1-2H3;1H4;1H. The molecule has 404 valence electrons. The number of aliphatic hydroxyl groups excluding tert-OH is 2. The van der Waals surface area contributed by atoms with Gasteiger partial charge in [-0.05, 0) is 158 Å². The molecule has 0 fully saturated rings. The summed E-state index contributed by atoms with van der Waals surface area (Å²) in [6.07, 6.45) is 0.697. The van der Waals surface area contributed by atoms with Gasteiger partial charge in [-0.15, -0.1) is 0 Å². The van der Waals surface area contributed by atoms with Gasteiger partial charge in [-0.3, -0.25) is 24.5 Å². The highest BCUT2D eigenvalue weighted by Crippen LogP contribution is 2.42. The highest BCUT2D eigenvalue weighted by Gasteiger charge is 2.37. The van der Waals surface area contributed by atoms with E-state index in [9.17, 15) is 29.4 Å². The van der Waals surface area contributed by atoms with E-state index in [1.165, 1.54) is 12.1 Å². The Hall–Kier alpha value is -4.48. The summed E-state index contributed by atoms with van der Waals surface area (Å²) < 4.78 is 25.8. The Morgan fingerprint density at radius 1 is 0.513 bits per heavy atom. The van der Waals surface area contributed by atoms with Crippen LogP contribution >= 0.6 is 63.7 Å². The van der Waals surface area contributed by atoms with Crippen LogP contribution in [0.15, 0.2) is 115 Å². The Balaban J connectivity index is 0.000000274. The number of fused-ring (bicyclic) bond motifs is 4. The molecule has 2 aliphatic rings. The van der Waals surface area contributed by atoms with Crippen LogP contribution in [0.4, 0.5) is 22.7 Å². The number of anilines is 2. The van der Waals surface area contributed by atoms with Crippen LogP contribution < -0.4 is 27.6 Å². The first-order chi connectivity index (χ1) is 35.4. The van der Waals surface area contributed by atoms with E-state index in [2.05, 4.69) is 69.0 Å². The van der Waals surface area contributed by atoms with Crippen molar-refractivity contribution in [2.45, 2.75) is 72.4 Å². The molecule has 0 amide bonds. The summed E-state index contributed by atoms with van der Waals surface area (Å²) >= 11 is 14.5. The van der Waals surface area contributed by atoms with Crippen LogP contribution in [0.1, 0.15) is 110 Å². The van der Waals surface area contributed by atoms with Crippen LogP contribution in [-0.2, 0) is 31.8 Å². The summed E-state index contributed by atoms with van der Waals surface area (Å²) in [4.78, 5) is 53.0. The van der Waals surface area contributed by atoms with Gasteiger partial charge in [-0.1, -0.05) is 56.0 Å². The molecule has 0 aliphatic heterocycles. The average Bonchev–Trinajstić information content (AvgIpc) is 3.38. The molecule has 0 bridgehead atoms. The molecule has 0 heterocycles. The number of nitrogens with two attached hydrogens (primary N) is 1. The molecule has 4 atom stereocenters. The monoisotopic (exact) mass is 1360 g/mol. The molecule has 2 aliphatic carbocycles. The Bertz CT molecular complexity index is 2850. The molecular formula is C57H59Br5N2O12. The van der Waals surface area contributed by atoms with Crippen molar-refractivity contribution in [1.29, 1.82) is 0 Å². The van der Waals surface area contributed by atoms with Crippen molar-refractivity contribution in [2.24, 2.45) is 0 Å². The largest absolute Gasteiger partial charge is 1.00 e. The van der Waals surface area contributed by atoms with E-state index in [1.807, 2.05) is 43.4 Å². The van der Waals surface area contributed by atoms with Crippen LogP contribution in [0.3, 0.4) is 0 Å². The van der Waals surface area contributed by atoms with Gasteiger partial charge in [0.05, 0.1) is 107 Å². The third kappa shape index (κ3) is 14.6. The minimum Gasteiger partial charge on any atom is -1.00 e. The molecule has 0 radical (unpaired) electrons. The van der Waals surface area contributed by atoms with E-state index in [4.69, 9.17) is 29.2 Å². The molecule has 19 heteroatoms. The van der Waals surface area contributed by atoms with Gasteiger partial charge in [0.25, 0.3) is 0 Å². The van der Waals surface area contributed by atoms with Crippen molar-refractivity contribution in [3.63, 3.8) is 0 Å². The minimum absolute atomic E-state index is 0. The smallest absolute Gasteiger partial charge is 0.200 e. The Labute approximate surface area is 486 Å². The lowest BCUT2D eigenvalue weighted by molar-refractivity contribution is -0.480. The fraction of sp³-hybridized carbons (Fsp3) is 0.298. The van der Waals surface area contributed by atoms with Crippen LogP contribution in [-0.4, -0.2) is 108 Å². The molecule has 7 N–H and O–H groups in total. The number of aliphatic hydroxyl groups is 2. The molecule has 4 unspecified atom stereocenters. The van der Waals surface area contributed by atoms with Crippen molar-refractivity contribution >= 4 is 110 Å². The zero-order valence-corrected chi connectivity index (χ0v) is 49.2. The second-order valence-electron chi connectivity index (χ2n) is 17.9. The van der Waals surface area contributed by atoms with Gasteiger partial charge in [0, 0.05) is 37.3 Å². The molecule has 0 aromatic heterocycles. The lowest BCUT2D eigenvalue weighted by Gasteiger charge is -2.22. The number of ketones is 4. The van der Waals surface area contributed by atoms with Crippen LogP contribution in [0.2, 0.25) is 0 Å². The number of ether oxygens (including phenoxy) is 4. The van der Waals surface area contributed by atoms with Crippen LogP contribution in [0.25, 0.3) is 0 Å². The SMILES string of the molecule is C.CC(CO)OCC(C)OCCc1cc(Br)c(Nc2ccc(O)c3c2C(=O)c2ccccc2C3=O)c(Br)c1.CC(CO)OCC(C)OCCc1cc(Br)c([NH2+]c2ccc(O)c3c2C(=O)c2ccccc2C3=O)c(Br)c1.[Br-]. The normalized spacial score (nSPS) is 13.9. The first-order valence-electron chi connectivity index (χ1n) is 23.8. The molecule has 0 spiro atoms. The number of halogens is 5. The number of phenolic OH excluding ortho intramolecular Hbond substituents is 2. The molecule has 8 rings (SSSR count). The second-order valence-corrected chi connectivity index (χ2v) is 21.3. The van der Waals surface area contributed by atoms with Crippen molar-refractivity contribution in [2.75, 3.05) is 45.0 Å². The molecule has 6 aromatic carbocycles. The topological polar surface area (TPSA) is 215 Å². The maximum absolute atomic E-state index is 13.4. The van der Waals surface area contributed by atoms with Gasteiger partial charge in [-0.2, -0.15) is 0 Å². The summed E-state index contributed by atoms with van der Waals surface area (Å²) in [7, 11) is 0. The Morgan fingerprint density at radius 2 is 0.895 bits per heavy atom. The number of phenols is 2. The first kappa shape index (κ1) is 62.4. The van der Waals surface area contributed by atoms with Gasteiger partial charge < -0.3 is 61.7 Å². The molecule has 0 saturated heterocycles. The van der Waals surface area contributed by atoms with Gasteiger partial charge in [0.15, 0.2) is 23.0 Å². The van der Waals surface area contributed by atoms with Gasteiger partial charge in [-0.25, -0.2) is 0 Å². The van der Waals surface area contributed by atoms with E-state index in [1.54, 1.807) is 74.5 Å². The fourth-order valence-electron chi connectivity index (χ4n) is 8.32.